The van der Waals surface area contributed by atoms with Crippen molar-refractivity contribution in [3.8, 4) is 11.8 Å². The zero-order chi connectivity index (χ0) is 12.1. The number of nitrogens with one attached hydrogen (secondary N) is 1. The van der Waals surface area contributed by atoms with E-state index in [1.54, 1.807) is 0 Å². The van der Waals surface area contributed by atoms with Crippen LogP contribution in [0.15, 0.2) is 0 Å². The van der Waals surface area contributed by atoms with Gasteiger partial charge in [-0.2, -0.15) is 0 Å². The standard InChI is InChI=1S/C15H29N/c1-4-7-9-10-11-12-14-15(16-6-3)13-8-5-2/h15-16H,4,6-7,9-14H2,1-3H3. The molecule has 1 N–H and O–H groups in total. The molecule has 0 aromatic carbocycles. The van der Waals surface area contributed by atoms with Gasteiger partial charge in [0.25, 0.3) is 0 Å². The van der Waals surface area contributed by atoms with E-state index in [1.807, 2.05) is 6.92 Å². The first-order valence-electron chi connectivity index (χ1n) is 6.98. The highest BCUT2D eigenvalue weighted by Gasteiger charge is 2.04. The van der Waals surface area contributed by atoms with Gasteiger partial charge >= 0.3 is 0 Å². The largest absolute Gasteiger partial charge is 0.313 e. The van der Waals surface area contributed by atoms with E-state index in [9.17, 15) is 0 Å². The van der Waals surface area contributed by atoms with Crippen LogP contribution in [0.1, 0.15) is 72.1 Å². The monoisotopic (exact) mass is 223 g/mol. The highest BCUT2D eigenvalue weighted by molar-refractivity contribution is 4.98. The summed E-state index contributed by atoms with van der Waals surface area (Å²) in [5.74, 6) is 6.17. The Kier molecular flexibility index (Phi) is 12.2. The molecule has 0 rings (SSSR count). The molecule has 0 radical (unpaired) electrons. The van der Waals surface area contributed by atoms with Crippen LogP contribution in [0, 0.1) is 11.8 Å². The number of hydrogen-bond donors (Lipinski definition) is 1. The summed E-state index contributed by atoms with van der Waals surface area (Å²) in [5.41, 5.74) is 0. The fraction of sp³-hybridized carbons (Fsp3) is 0.867. The van der Waals surface area contributed by atoms with Crippen LogP contribution in [-0.2, 0) is 0 Å². The van der Waals surface area contributed by atoms with Gasteiger partial charge in [-0.05, 0) is 19.9 Å². The van der Waals surface area contributed by atoms with Crippen LogP contribution < -0.4 is 5.32 Å². The van der Waals surface area contributed by atoms with Gasteiger partial charge in [0.15, 0.2) is 0 Å². The molecular weight excluding hydrogens is 194 g/mol. The van der Waals surface area contributed by atoms with Crippen molar-refractivity contribution in [3.05, 3.63) is 0 Å². The average Bonchev–Trinajstić information content (AvgIpc) is 2.30. The molecular formula is C15H29N. The molecule has 16 heavy (non-hydrogen) atoms. The first kappa shape index (κ1) is 15.5. The van der Waals surface area contributed by atoms with Gasteiger partial charge in [-0.3, -0.25) is 0 Å². The van der Waals surface area contributed by atoms with Gasteiger partial charge in [0, 0.05) is 12.5 Å². The molecule has 94 valence electrons. The normalized spacial score (nSPS) is 11.9. The molecule has 0 amide bonds. The number of rotatable bonds is 10. The first-order chi connectivity index (χ1) is 7.85. The molecule has 1 atom stereocenters. The van der Waals surface area contributed by atoms with Gasteiger partial charge in [-0.15, -0.1) is 11.8 Å². The van der Waals surface area contributed by atoms with E-state index in [4.69, 9.17) is 0 Å². The van der Waals surface area contributed by atoms with Gasteiger partial charge < -0.3 is 5.32 Å². The second kappa shape index (κ2) is 12.6. The van der Waals surface area contributed by atoms with E-state index in [0.29, 0.717) is 6.04 Å². The summed E-state index contributed by atoms with van der Waals surface area (Å²) in [6.45, 7) is 7.43. The van der Waals surface area contributed by atoms with Crippen LogP contribution in [0.5, 0.6) is 0 Å². The summed E-state index contributed by atoms with van der Waals surface area (Å²) in [4.78, 5) is 0. The Morgan fingerprint density at radius 2 is 1.69 bits per heavy atom. The second-order valence-electron chi connectivity index (χ2n) is 4.44. The molecule has 0 fully saturated rings. The quantitative estimate of drug-likeness (QED) is 0.434. The number of hydrogen-bond acceptors (Lipinski definition) is 1. The molecule has 0 spiro atoms. The predicted molar refractivity (Wildman–Crippen MR) is 73.5 cm³/mol. The van der Waals surface area contributed by atoms with E-state index in [0.717, 1.165) is 13.0 Å². The van der Waals surface area contributed by atoms with E-state index < -0.39 is 0 Å². The summed E-state index contributed by atoms with van der Waals surface area (Å²) in [6.07, 6.45) is 10.6. The average molecular weight is 223 g/mol. The molecule has 0 saturated heterocycles. The van der Waals surface area contributed by atoms with E-state index in [-0.39, 0.29) is 0 Å². The molecule has 1 nitrogen and oxygen atoms in total. The van der Waals surface area contributed by atoms with Gasteiger partial charge in [-0.25, -0.2) is 0 Å². The van der Waals surface area contributed by atoms with Crippen molar-refractivity contribution in [2.75, 3.05) is 6.54 Å². The minimum absolute atomic E-state index is 0.614. The van der Waals surface area contributed by atoms with Crippen LogP contribution in [0.2, 0.25) is 0 Å². The first-order valence-corrected chi connectivity index (χ1v) is 6.98. The van der Waals surface area contributed by atoms with E-state index in [1.165, 1.54) is 44.9 Å². The molecule has 0 saturated carbocycles. The van der Waals surface area contributed by atoms with Crippen molar-refractivity contribution in [3.63, 3.8) is 0 Å². The molecule has 0 bridgehead atoms. The Balaban J connectivity index is 3.46. The Hall–Kier alpha value is -0.480. The molecule has 0 aliphatic heterocycles. The van der Waals surface area contributed by atoms with Gasteiger partial charge in [0.1, 0.15) is 0 Å². The van der Waals surface area contributed by atoms with E-state index in [2.05, 4.69) is 31.0 Å². The van der Waals surface area contributed by atoms with Crippen LogP contribution in [0.25, 0.3) is 0 Å². The zero-order valence-electron chi connectivity index (χ0n) is 11.4. The molecule has 0 aliphatic carbocycles. The summed E-state index contributed by atoms with van der Waals surface area (Å²) in [7, 11) is 0. The summed E-state index contributed by atoms with van der Waals surface area (Å²) < 4.78 is 0. The predicted octanol–water partition coefficient (Wildman–Crippen LogP) is 4.13. The molecule has 1 unspecified atom stereocenters. The Morgan fingerprint density at radius 1 is 1.00 bits per heavy atom. The smallest absolute Gasteiger partial charge is 0.0243 e. The minimum Gasteiger partial charge on any atom is -0.313 e. The summed E-state index contributed by atoms with van der Waals surface area (Å²) >= 11 is 0. The molecule has 0 aromatic rings. The maximum Gasteiger partial charge on any atom is 0.0243 e. The van der Waals surface area contributed by atoms with Crippen LogP contribution >= 0.6 is 0 Å². The van der Waals surface area contributed by atoms with Gasteiger partial charge in [0.05, 0.1) is 0 Å². The maximum absolute atomic E-state index is 3.52. The fourth-order valence-electron chi connectivity index (χ4n) is 1.96. The van der Waals surface area contributed by atoms with Crippen molar-refractivity contribution >= 4 is 0 Å². The third-order valence-corrected chi connectivity index (χ3v) is 2.92. The van der Waals surface area contributed by atoms with Gasteiger partial charge in [-0.1, -0.05) is 52.4 Å². The van der Waals surface area contributed by atoms with Crippen molar-refractivity contribution in [1.29, 1.82) is 0 Å². The summed E-state index contributed by atoms with van der Waals surface area (Å²) in [5, 5.41) is 3.52. The topological polar surface area (TPSA) is 12.0 Å². The number of unbranched alkanes of at least 4 members (excludes halogenated alkanes) is 5. The third-order valence-electron chi connectivity index (χ3n) is 2.92. The Morgan fingerprint density at radius 3 is 2.31 bits per heavy atom. The lowest BCUT2D eigenvalue weighted by molar-refractivity contribution is 0.469. The van der Waals surface area contributed by atoms with Crippen molar-refractivity contribution in [2.24, 2.45) is 0 Å². The Bertz CT molecular complexity index is 187. The second-order valence-corrected chi connectivity index (χ2v) is 4.44. The lowest BCUT2D eigenvalue weighted by Gasteiger charge is -2.14. The Labute approximate surface area is 102 Å². The SMILES string of the molecule is CC#CCC(CCCCCCCC)NCC. The van der Waals surface area contributed by atoms with Crippen LogP contribution in [0.4, 0.5) is 0 Å². The minimum atomic E-state index is 0.614. The maximum atomic E-state index is 3.52. The van der Waals surface area contributed by atoms with E-state index >= 15 is 0 Å². The van der Waals surface area contributed by atoms with Crippen LogP contribution in [-0.4, -0.2) is 12.6 Å². The third kappa shape index (κ3) is 10.1. The summed E-state index contributed by atoms with van der Waals surface area (Å²) in [6, 6.07) is 0.614. The molecule has 0 heterocycles. The van der Waals surface area contributed by atoms with Gasteiger partial charge in [0.2, 0.25) is 0 Å². The lowest BCUT2D eigenvalue weighted by atomic mass is 10.0. The fourth-order valence-corrected chi connectivity index (χ4v) is 1.96. The van der Waals surface area contributed by atoms with Crippen molar-refractivity contribution in [1.82, 2.24) is 5.32 Å². The molecule has 1 heteroatoms. The molecule has 0 aliphatic rings. The highest BCUT2D eigenvalue weighted by atomic mass is 14.9. The molecule has 0 aromatic heterocycles. The lowest BCUT2D eigenvalue weighted by Crippen LogP contribution is -2.28. The van der Waals surface area contributed by atoms with Crippen molar-refractivity contribution in [2.45, 2.75) is 78.2 Å². The zero-order valence-corrected chi connectivity index (χ0v) is 11.4. The highest BCUT2D eigenvalue weighted by Crippen LogP contribution is 2.09. The van der Waals surface area contributed by atoms with Crippen LogP contribution in [0.3, 0.4) is 0 Å². The van der Waals surface area contributed by atoms with Crippen molar-refractivity contribution < 1.29 is 0 Å².